The molecule has 1 nitrogen and oxygen atoms in total. The van der Waals surface area contributed by atoms with Crippen molar-refractivity contribution in [2.75, 3.05) is 6.61 Å². The molecular formula is C8H5F13O. The van der Waals surface area contributed by atoms with Gasteiger partial charge >= 0.3 is 36.0 Å². The van der Waals surface area contributed by atoms with Gasteiger partial charge in [-0.3, -0.25) is 0 Å². The Morgan fingerprint density at radius 3 is 1.14 bits per heavy atom. The van der Waals surface area contributed by atoms with Crippen LogP contribution in [0.1, 0.15) is 6.92 Å². The van der Waals surface area contributed by atoms with Gasteiger partial charge in [0.05, 0.1) is 0 Å². The number of halogens is 13. The highest BCUT2D eigenvalue weighted by Crippen LogP contribution is 2.60. The normalized spacial score (nSPS) is 18.3. The van der Waals surface area contributed by atoms with Gasteiger partial charge in [0.1, 0.15) is 0 Å². The van der Waals surface area contributed by atoms with E-state index in [1.807, 2.05) is 0 Å². The molecule has 0 spiro atoms. The highest BCUT2D eigenvalue weighted by molar-refractivity contribution is 5.08. The summed E-state index contributed by atoms with van der Waals surface area (Å²) in [5.41, 5.74) is 0. The van der Waals surface area contributed by atoms with Crippen molar-refractivity contribution in [2.24, 2.45) is 0 Å². The van der Waals surface area contributed by atoms with Crippen molar-refractivity contribution in [1.82, 2.24) is 0 Å². The average molecular weight is 364 g/mol. The smallest absolute Gasteiger partial charge is 0.334 e. The van der Waals surface area contributed by atoms with Crippen LogP contribution in [0.2, 0.25) is 0 Å². The topological polar surface area (TPSA) is 9.23 Å². The fraction of sp³-hybridized carbons (Fsp3) is 1.00. The third-order valence-corrected chi connectivity index (χ3v) is 2.26. The summed E-state index contributed by atoms with van der Waals surface area (Å²) in [6, 6.07) is 0. The van der Waals surface area contributed by atoms with Gasteiger partial charge in [-0.15, -0.1) is 0 Å². The number of hydrogen-bond acceptors (Lipinski definition) is 1. The monoisotopic (exact) mass is 364 g/mol. The largest absolute Gasteiger partial charge is 0.460 e. The SMILES string of the molecule is CCOC(F)(C(F)(F)F)C(F)(F)C(F)(F)C(F)(F)C(F)(F)F. The van der Waals surface area contributed by atoms with Crippen molar-refractivity contribution in [3.63, 3.8) is 0 Å². The van der Waals surface area contributed by atoms with E-state index in [0.29, 0.717) is 6.92 Å². The van der Waals surface area contributed by atoms with Gasteiger partial charge in [0.2, 0.25) is 0 Å². The molecule has 0 rings (SSSR count). The van der Waals surface area contributed by atoms with Crippen molar-refractivity contribution >= 4 is 0 Å². The van der Waals surface area contributed by atoms with Crippen LogP contribution in [0.15, 0.2) is 0 Å². The second-order valence-corrected chi connectivity index (χ2v) is 3.75. The highest BCUT2D eigenvalue weighted by Gasteiger charge is 2.91. The van der Waals surface area contributed by atoms with Crippen molar-refractivity contribution in [3.8, 4) is 0 Å². The summed E-state index contributed by atoms with van der Waals surface area (Å²) in [5, 5.41) is 0. The summed E-state index contributed by atoms with van der Waals surface area (Å²) in [4.78, 5) is 0. The maximum atomic E-state index is 13.2. The third kappa shape index (κ3) is 2.69. The molecule has 0 saturated heterocycles. The molecule has 134 valence electrons. The van der Waals surface area contributed by atoms with Crippen LogP contribution >= 0.6 is 0 Å². The van der Waals surface area contributed by atoms with Crippen LogP contribution in [-0.4, -0.2) is 42.6 Å². The lowest BCUT2D eigenvalue weighted by Crippen LogP contribution is -2.71. The molecule has 0 heterocycles. The fourth-order valence-electron chi connectivity index (χ4n) is 1.13. The van der Waals surface area contributed by atoms with E-state index in [2.05, 4.69) is 4.74 Å². The Morgan fingerprint density at radius 2 is 0.909 bits per heavy atom. The van der Waals surface area contributed by atoms with E-state index in [1.54, 1.807) is 0 Å². The molecule has 0 radical (unpaired) electrons. The molecule has 0 fully saturated rings. The van der Waals surface area contributed by atoms with E-state index in [9.17, 15) is 57.1 Å². The lowest BCUT2D eigenvalue weighted by atomic mass is 9.96. The predicted octanol–water partition coefficient (Wildman–Crippen LogP) is 4.72. The fourth-order valence-corrected chi connectivity index (χ4v) is 1.13. The van der Waals surface area contributed by atoms with Crippen LogP contribution in [0.3, 0.4) is 0 Å². The van der Waals surface area contributed by atoms with Gasteiger partial charge in [0, 0.05) is 6.61 Å². The van der Waals surface area contributed by atoms with E-state index in [1.165, 1.54) is 0 Å². The second kappa shape index (κ2) is 5.30. The first-order chi connectivity index (χ1) is 9.31. The molecule has 0 aliphatic heterocycles. The van der Waals surface area contributed by atoms with Gasteiger partial charge < -0.3 is 4.74 Å². The molecule has 0 bridgehead atoms. The van der Waals surface area contributed by atoms with Gasteiger partial charge in [0.15, 0.2) is 0 Å². The van der Waals surface area contributed by atoms with Crippen LogP contribution in [-0.2, 0) is 4.74 Å². The molecule has 22 heavy (non-hydrogen) atoms. The molecule has 0 amide bonds. The van der Waals surface area contributed by atoms with Crippen LogP contribution in [0, 0.1) is 0 Å². The molecule has 1 unspecified atom stereocenters. The summed E-state index contributed by atoms with van der Waals surface area (Å²) in [7, 11) is 0. The van der Waals surface area contributed by atoms with Crippen LogP contribution in [0.25, 0.3) is 0 Å². The Hall–Kier alpha value is -0.950. The third-order valence-electron chi connectivity index (χ3n) is 2.26. The van der Waals surface area contributed by atoms with Gasteiger partial charge in [-0.25, -0.2) is 0 Å². The van der Waals surface area contributed by atoms with E-state index < -0.39 is 42.6 Å². The molecule has 0 aromatic carbocycles. The molecule has 0 aliphatic rings. The molecule has 14 heteroatoms. The van der Waals surface area contributed by atoms with E-state index in [4.69, 9.17) is 0 Å². The van der Waals surface area contributed by atoms with Crippen molar-refractivity contribution in [2.45, 2.75) is 42.9 Å². The molecule has 0 N–H and O–H groups in total. The first-order valence-corrected chi connectivity index (χ1v) is 4.91. The molecule has 1 atom stereocenters. The zero-order valence-corrected chi connectivity index (χ0v) is 10.0. The Kier molecular flexibility index (Phi) is 5.07. The zero-order valence-electron chi connectivity index (χ0n) is 10.0. The van der Waals surface area contributed by atoms with Crippen LogP contribution in [0.5, 0.6) is 0 Å². The van der Waals surface area contributed by atoms with Crippen molar-refractivity contribution < 1.29 is 61.8 Å². The molecule has 0 aromatic rings. The summed E-state index contributed by atoms with van der Waals surface area (Å²) < 4.78 is 164. The number of rotatable bonds is 5. The minimum absolute atomic E-state index is 0.385. The molecule has 0 aliphatic carbocycles. The number of hydrogen-bond donors (Lipinski definition) is 0. The lowest BCUT2D eigenvalue weighted by Gasteiger charge is -2.40. The van der Waals surface area contributed by atoms with E-state index in [-0.39, 0.29) is 0 Å². The standard InChI is InChI=1S/C8H5F13O/c1-2-22-6(15,8(19,20)21)4(11,12)3(9,10)5(13,14)7(16,17)18/h2H2,1H3. The van der Waals surface area contributed by atoms with Crippen molar-refractivity contribution in [3.05, 3.63) is 0 Å². The van der Waals surface area contributed by atoms with Gasteiger partial charge in [-0.1, -0.05) is 0 Å². The second-order valence-electron chi connectivity index (χ2n) is 3.75. The van der Waals surface area contributed by atoms with E-state index in [0.717, 1.165) is 0 Å². The molecular weight excluding hydrogens is 359 g/mol. The van der Waals surface area contributed by atoms with Gasteiger partial charge in [-0.05, 0) is 6.92 Å². The Bertz CT molecular complexity index is 394. The highest BCUT2D eigenvalue weighted by atomic mass is 19.4. The van der Waals surface area contributed by atoms with Crippen molar-refractivity contribution in [1.29, 1.82) is 0 Å². The Morgan fingerprint density at radius 1 is 0.545 bits per heavy atom. The van der Waals surface area contributed by atoms with E-state index >= 15 is 0 Å². The minimum atomic E-state index is -7.79. The first kappa shape index (κ1) is 21.0. The summed E-state index contributed by atoms with van der Waals surface area (Å²) in [5.74, 6) is -29.8. The zero-order chi connectivity index (χ0) is 18.4. The lowest BCUT2D eigenvalue weighted by molar-refractivity contribution is -0.472. The first-order valence-electron chi connectivity index (χ1n) is 4.91. The number of ether oxygens (including phenoxy) is 1. The Labute approximate surface area is 113 Å². The maximum Gasteiger partial charge on any atom is 0.460 e. The van der Waals surface area contributed by atoms with Crippen LogP contribution < -0.4 is 0 Å². The maximum absolute atomic E-state index is 13.2. The number of alkyl halides is 13. The predicted molar refractivity (Wildman–Crippen MR) is 42.4 cm³/mol. The summed E-state index contributed by atoms with van der Waals surface area (Å²) in [6.45, 7) is -1.30. The van der Waals surface area contributed by atoms with Gasteiger partial charge in [0.25, 0.3) is 0 Å². The van der Waals surface area contributed by atoms with Crippen LogP contribution in [0.4, 0.5) is 57.1 Å². The summed E-state index contributed by atoms with van der Waals surface area (Å²) >= 11 is 0. The average Bonchev–Trinajstić information content (AvgIpc) is 2.25. The molecule has 0 aromatic heterocycles. The summed E-state index contributed by atoms with van der Waals surface area (Å²) in [6.07, 6.45) is -14.4. The van der Waals surface area contributed by atoms with Gasteiger partial charge in [-0.2, -0.15) is 57.1 Å². The minimum Gasteiger partial charge on any atom is -0.334 e. The Balaban J connectivity index is 6.29. The quantitative estimate of drug-likeness (QED) is 0.642. The molecule has 0 saturated carbocycles.